The second kappa shape index (κ2) is 6.84. The summed E-state index contributed by atoms with van der Waals surface area (Å²) in [4.78, 5) is 0.197. The van der Waals surface area contributed by atoms with Crippen molar-refractivity contribution in [1.82, 2.24) is 0 Å². The summed E-state index contributed by atoms with van der Waals surface area (Å²) in [5, 5.41) is 4.69. The molecule has 1 aliphatic heterocycles. The first-order chi connectivity index (χ1) is 11.8. The Morgan fingerprint density at radius 3 is 2.44 bits per heavy atom. The van der Waals surface area contributed by atoms with E-state index < -0.39 is 16.1 Å². The Labute approximate surface area is 152 Å². The molecule has 0 radical (unpaired) electrons. The van der Waals surface area contributed by atoms with E-state index in [9.17, 15) is 12.8 Å². The van der Waals surface area contributed by atoms with Crippen molar-refractivity contribution in [3.63, 3.8) is 0 Å². The molecule has 25 heavy (non-hydrogen) atoms. The van der Waals surface area contributed by atoms with Crippen LogP contribution < -0.4 is 0 Å². The highest BCUT2D eigenvalue weighted by Gasteiger charge is 2.48. The highest BCUT2D eigenvalue weighted by atomic mass is 35.5. The first-order valence-electron chi connectivity index (χ1n) is 8.05. The minimum Gasteiger partial charge on any atom is -0.207 e. The Hall–Kier alpha value is -1.79. The van der Waals surface area contributed by atoms with Gasteiger partial charge in [-0.3, -0.25) is 0 Å². The number of nitrogens with zero attached hydrogens (tertiary/aromatic N) is 2. The van der Waals surface area contributed by atoms with Crippen LogP contribution in [0.25, 0.3) is 0 Å². The van der Waals surface area contributed by atoms with Gasteiger partial charge in [0.15, 0.2) is 6.04 Å². The molecule has 3 unspecified atom stereocenters. The highest BCUT2D eigenvalue weighted by Crippen LogP contribution is 2.33. The Morgan fingerprint density at radius 1 is 1.12 bits per heavy atom. The van der Waals surface area contributed by atoms with E-state index in [1.54, 1.807) is 49.4 Å². The first-order valence-corrected chi connectivity index (χ1v) is 9.87. The van der Waals surface area contributed by atoms with E-state index in [0.717, 1.165) is 4.10 Å². The van der Waals surface area contributed by atoms with Crippen LogP contribution >= 0.6 is 11.6 Å². The Bertz CT molecular complexity index is 896. The molecule has 7 heteroatoms. The molecule has 132 valence electrons. The fourth-order valence-electron chi connectivity index (χ4n) is 3.22. The summed E-state index contributed by atoms with van der Waals surface area (Å²) in [7, 11) is -3.73. The number of hydrogen-bond donors (Lipinski definition) is 0. The molecule has 0 saturated carbocycles. The summed E-state index contributed by atoms with van der Waals surface area (Å²) >= 11 is 6.12. The maximum Gasteiger partial charge on any atom is 0.417 e. The molecule has 3 atom stereocenters. The standard InChI is InChI=1S/C18H19ClFN2O2S/c1-12-15(11-16-17(19)9-6-10-18(16)20)13(2)22(21-12)25(23,24)14-7-4-3-5-8-14/h3-10,12-13,15H,11H2,1-2H3/q+1. The van der Waals surface area contributed by atoms with Gasteiger partial charge in [0.25, 0.3) is 0 Å². The fraction of sp³-hybridized carbons (Fsp3) is 0.333. The lowest BCUT2D eigenvalue weighted by molar-refractivity contribution is -0.469. The van der Waals surface area contributed by atoms with Crippen LogP contribution in [0.5, 0.6) is 0 Å². The first kappa shape index (κ1) is 18.0. The molecule has 0 fully saturated rings. The second-order valence-corrected chi connectivity index (χ2v) is 8.46. The van der Waals surface area contributed by atoms with Crippen LogP contribution in [0.4, 0.5) is 4.39 Å². The number of halogens is 2. The smallest absolute Gasteiger partial charge is 0.207 e. The number of benzene rings is 2. The predicted octanol–water partition coefficient (Wildman–Crippen LogP) is 4.28. The van der Waals surface area contributed by atoms with E-state index in [4.69, 9.17) is 11.6 Å². The molecule has 4 nitrogen and oxygen atoms in total. The maximum absolute atomic E-state index is 14.1. The van der Waals surface area contributed by atoms with Crippen LogP contribution in [-0.2, 0) is 16.4 Å². The van der Waals surface area contributed by atoms with E-state index in [0.29, 0.717) is 17.0 Å². The van der Waals surface area contributed by atoms with E-state index in [2.05, 4.69) is 5.11 Å². The molecule has 0 aromatic heterocycles. The van der Waals surface area contributed by atoms with Gasteiger partial charge < -0.3 is 0 Å². The summed E-state index contributed by atoms with van der Waals surface area (Å²) in [6, 6.07) is 12.1. The molecule has 0 amide bonds. The van der Waals surface area contributed by atoms with Crippen LogP contribution in [0.3, 0.4) is 0 Å². The van der Waals surface area contributed by atoms with Gasteiger partial charge in [-0.15, -0.1) is 0 Å². The van der Waals surface area contributed by atoms with E-state index in [1.807, 2.05) is 6.92 Å². The topological polar surface area (TPSA) is 49.5 Å². The molecule has 3 rings (SSSR count). The van der Waals surface area contributed by atoms with E-state index in [1.165, 1.54) is 6.07 Å². The van der Waals surface area contributed by atoms with Gasteiger partial charge in [0.05, 0.1) is 5.92 Å². The third kappa shape index (κ3) is 3.33. The minimum absolute atomic E-state index is 0.159. The van der Waals surface area contributed by atoms with Gasteiger partial charge in [-0.1, -0.05) is 35.9 Å². The summed E-state index contributed by atoms with van der Waals surface area (Å²) in [6.07, 6.45) is 0.331. The molecule has 2 aromatic carbocycles. The molecule has 0 saturated heterocycles. The quantitative estimate of drug-likeness (QED) is 0.742. The summed E-state index contributed by atoms with van der Waals surface area (Å²) in [6.45, 7) is 3.64. The molecular weight excluding hydrogens is 363 g/mol. The van der Waals surface area contributed by atoms with Crippen LogP contribution in [0.2, 0.25) is 5.02 Å². The largest absolute Gasteiger partial charge is 0.417 e. The van der Waals surface area contributed by atoms with Crippen LogP contribution in [0, 0.1) is 11.7 Å². The third-order valence-electron chi connectivity index (χ3n) is 4.67. The van der Waals surface area contributed by atoms with Crippen molar-refractivity contribution in [2.24, 2.45) is 11.0 Å². The van der Waals surface area contributed by atoms with Crippen molar-refractivity contribution in [1.29, 1.82) is 0 Å². The normalized spacial score (nSPS) is 23.5. The summed E-state index contributed by atoms with van der Waals surface area (Å²) < 4.78 is 41.0. The molecule has 0 aliphatic carbocycles. The average molecular weight is 382 g/mol. The Balaban J connectivity index is 1.91. The maximum atomic E-state index is 14.1. The SMILES string of the molecule is CC1N=[N+](S(=O)(=O)c2ccccc2)C(C)C1Cc1c(F)cccc1Cl. The van der Waals surface area contributed by atoms with E-state index >= 15 is 0 Å². The number of sulfonamides is 1. The van der Waals surface area contributed by atoms with Gasteiger partial charge in [-0.25, -0.2) is 4.39 Å². The third-order valence-corrected chi connectivity index (χ3v) is 6.81. The lowest BCUT2D eigenvalue weighted by atomic mass is 9.89. The van der Waals surface area contributed by atoms with Gasteiger partial charge in [-0.2, -0.15) is 8.42 Å². The molecule has 2 aromatic rings. The van der Waals surface area contributed by atoms with Gasteiger partial charge in [0.2, 0.25) is 0 Å². The average Bonchev–Trinajstić information content (AvgIpc) is 2.87. The summed E-state index contributed by atoms with van der Waals surface area (Å²) in [5.74, 6) is -0.538. The lowest BCUT2D eigenvalue weighted by Crippen LogP contribution is -2.32. The van der Waals surface area contributed by atoms with Gasteiger partial charge in [-0.05, 0) is 46.8 Å². The van der Waals surface area contributed by atoms with Crippen LogP contribution in [0.15, 0.2) is 58.5 Å². The molecular formula is C18H19ClFN2O2S+. The van der Waals surface area contributed by atoms with Crippen molar-refractivity contribution in [3.8, 4) is 0 Å². The molecule has 1 aliphatic rings. The zero-order valence-corrected chi connectivity index (χ0v) is 15.5. The molecule has 0 spiro atoms. The summed E-state index contributed by atoms with van der Waals surface area (Å²) in [5.41, 5.74) is 0.405. The Morgan fingerprint density at radius 2 is 1.80 bits per heavy atom. The predicted molar refractivity (Wildman–Crippen MR) is 93.8 cm³/mol. The zero-order valence-electron chi connectivity index (χ0n) is 13.9. The number of hydrogen-bond acceptors (Lipinski definition) is 3. The Kier molecular flexibility index (Phi) is 4.93. The van der Waals surface area contributed by atoms with Crippen molar-refractivity contribution in [2.45, 2.75) is 37.2 Å². The van der Waals surface area contributed by atoms with Gasteiger partial charge in [0.1, 0.15) is 16.8 Å². The van der Waals surface area contributed by atoms with Gasteiger partial charge >= 0.3 is 10.0 Å². The molecule has 0 N–H and O–H groups in total. The van der Waals surface area contributed by atoms with Crippen LogP contribution in [-0.4, -0.2) is 24.6 Å². The highest BCUT2D eigenvalue weighted by molar-refractivity contribution is 7.85. The number of azo groups is 1. The van der Waals surface area contributed by atoms with Crippen molar-refractivity contribution in [3.05, 3.63) is 64.9 Å². The second-order valence-electron chi connectivity index (χ2n) is 6.26. The fourth-order valence-corrected chi connectivity index (χ4v) is 5.05. The molecule has 1 heterocycles. The zero-order chi connectivity index (χ0) is 18.2. The lowest BCUT2D eigenvalue weighted by Gasteiger charge is -2.15. The van der Waals surface area contributed by atoms with Crippen molar-refractivity contribution in [2.75, 3.05) is 0 Å². The van der Waals surface area contributed by atoms with Crippen molar-refractivity contribution < 1.29 is 16.9 Å². The van der Waals surface area contributed by atoms with E-state index in [-0.39, 0.29) is 22.7 Å². The number of rotatable bonds is 4. The molecule has 0 bridgehead atoms. The van der Waals surface area contributed by atoms with Crippen LogP contribution in [0.1, 0.15) is 19.4 Å². The van der Waals surface area contributed by atoms with Gasteiger partial charge in [0, 0.05) is 17.5 Å². The van der Waals surface area contributed by atoms with Crippen molar-refractivity contribution >= 4 is 21.6 Å². The monoisotopic (exact) mass is 381 g/mol. The minimum atomic E-state index is -3.73.